The molecule has 128 valence electrons. The summed E-state index contributed by atoms with van der Waals surface area (Å²) in [6, 6.07) is 4.10. The van der Waals surface area contributed by atoms with Crippen LogP contribution in [0.2, 0.25) is 0 Å². The largest absolute Gasteiger partial charge is 0.332 e. The minimum Gasteiger partial charge on any atom is -0.208 e. The highest BCUT2D eigenvalue weighted by Crippen LogP contribution is 2.44. The van der Waals surface area contributed by atoms with Crippen molar-refractivity contribution in [2.45, 2.75) is 54.4 Å². The molecule has 2 aliphatic rings. The highest BCUT2D eigenvalue weighted by molar-refractivity contribution is 7.89. The Morgan fingerprint density at radius 1 is 0.870 bits per heavy atom. The fourth-order valence-corrected chi connectivity index (χ4v) is 5.14. The van der Waals surface area contributed by atoms with Crippen LogP contribution in [0.4, 0.5) is 3.89 Å². The van der Waals surface area contributed by atoms with Gasteiger partial charge in [0.1, 0.15) is 0 Å². The molecule has 1 N–H and O–H groups in total. The molecule has 0 bridgehead atoms. The van der Waals surface area contributed by atoms with E-state index in [-0.39, 0.29) is 10.9 Å². The van der Waals surface area contributed by atoms with Crippen molar-refractivity contribution >= 4 is 20.2 Å². The number of hydrogen-bond acceptors (Lipinski definition) is 4. The van der Waals surface area contributed by atoms with Gasteiger partial charge in [0.15, 0.2) is 0 Å². The van der Waals surface area contributed by atoms with Gasteiger partial charge in [-0.1, -0.05) is 12.8 Å². The number of benzene rings is 1. The first kappa shape index (κ1) is 16.9. The second-order valence-corrected chi connectivity index (χ2v) is 9.55. The van der Waals surface area contributed by atoms with Gasteiger partial charge in [0.05, 0.1) is 9.79 Å². The molecule has 1 aromatic carbocycles. The van der Waals surface area contributed by atoms with Gasteiger partial charge in [0.25, 0.3) is 0 Å². The summed E-state index contributed by atoms with van der Waals surface area (Å²) in [4.78, 5) is -0.582. The summed E-state index contributed by atoms with van der Waals surface area (Å²) in [6.45, 7) is 0. The van der Waals surface area contributed by atoms with Crippen molar-refractivity contribution in [2.75, 3.05) is 0 Å². The van der Waals surface area contributed by atoms with E-state index in [9.17, 15) is 20.7 Å². The summed E-state index contributed by atoms with van der Waals surface area (Å²) in [5.74, 6) is 1.37. The first-order chi connectivity index (χ1) is 10.8. The van der Waals surface area contributed by atoms with Crippen LogP contribution in [0.1, 0.15) is 38.5 Å². The molecule has 0 amide bonds. The second kappa shape index (κ2) is 6.14. The molecule has 0 aromatic heterocycles. The molecule has 2 atom stereocenters. The standard InChI is InChI=1S/C15H20FNO4S2/c16-22(18,19)14-6-8-15(9-7-14)23(20,21)17-13-3-1-2-12(10-13)11-4-5-11/h6-9,11-13,17H,1-5,10H2. The van der Waals surface area contributed by atoms with Gasteiger partial charge < -0.3 is 0 Å². The molecular formula is C15H20FNO4S2. The van der Waals surface area contributed by atoms with E-state index in [1.165, 1.54) is 19.3 Å². The molecule has 0 spiro atoms. The number of hydrogen-bond donors (Lipinski definition) is 1. The SMILES string of the molecule is O=S(=O)(F)c1ccc(S(=O)(=O)NC2CCCC(C3CC3)C2)cc1. The molecule has 0 heterocycles. The molecule has 8 heteroatoms. The number of rotatable bonds is 5. The van der Waals surface area contributed by atoms with Gasteiger partial charge in [-0.05, 0) is 61.8 Å². The van der Waals surface area contributed by atoms with Crippen molar-refractivity contribution in [1.82, 2.24) is 4.72 Å². The normalized spacial score (nSPS) is 26.1. The molecule has 0 aliphatic heterocycles. The van der Waals surface area contributed by atoms with E-state index in [0.29, 0.717) is 5.92 Å². The number of halogens is 1. The van der Waals surface area contributed by atoms with Gasteiger partial charge >= 0.3 is 10.2 Å². The van der Waals surface area contributed by atoms with Gasteiger partial charge in [-0.2, -0.15) is 8.42 Å². The predicted molar refractivity (Wildman–Crippen MR) is 83.5 cm³/mol. The quantitative estimate of drug-likeness (QED) is 0.818. The third-order valence-corrected chi connectivity index (χ3v) is 7.11. The third kappa shape index (κ3) is 4.10. The molecule has 3 rings (SSSR count). The first-order valence-corrected chi connectivity index (χ1v) is 10.7. The van der Waals surface area contributed by atoms with E-state index < -0.39 is 25.1 Å². The van der Waals surface area contributed by atoms with Gasteiger partial charge in [-0.15, -0.1) is 3.89 Å². The Bertz CT molecular complexity index is 770. The van der Waals surface area contributed by atoms with Crippen LogP contribution in [0, 0.1) is 11.8 Å². The minimum atomic E-state index is -4.82. The van der Waals surface area contributed by atoms with E-state index in [0.717, 1.165) is 49.4 Å². The van der Waals surface area contributed by atoms with E-state index >= 15 is 0 Å². The number of sulfonamides is 1. The summed E-state index contributed by atoms with van der Waals surface area (Å²) in [6.07, 6.45) is 6.38. The summed E-state index contributed by atoms with van der Waals surface area (Å²) < 4.78 is 61.9. The van der Waals surface area contributed by atoms with Crippen LogP contribution in [0.15, 0.2) is 34.1 Å². The lowest BCUT2D eigenvalue weighted by Gasteiger charge is -2.29. The van der Waals surface area contributed by atoms with Crippen LogP contribution in [-0.2, 0) is 20.2 Å². The topological polar surface area (TPSA) is 80.3 Å². The molecule has 2 unspecified atom stereocenters. The Kier molecular flexibility index (Phi) is 4.50. The highest BCUT2D eigenvalue weighted by atomic mass is 32.3. The van der Waals surface area contributed by atoms with Crippen LogP contribution in [0.25, 0.3) is 0 Å². The molecular weight excluding hydrogens is 341 g/mol. The minimum absolute atomic E-state index is 0.0431. The van der Waals surface area contributed by atoms with Crippen molar-refractivity contribution in [3.63, 3.8) is 0 Å². The zero-order valence-corrected chi connectivity index (χ0v) is 14.2. The fourth-order valence-electron chi connectivity index (χ4n) is 3.40. The van der Waals surface area contributed by atoms with Gasteiger partial charge in [-0.3, -0.25) is 0 Å². The average Bonchev–Trinajstić information content (AvgIpc) is 3.31. The maximum absolute atomic E-state index is 12.9. The average molecular weight is 361 g/mol. The maximum Gasteiger partial charge on any atom is 0.332 e. The molecule has 2 aliphatic carbocycles. The predicted octanol–water partition coefficient (Wildman–Crippen LogP) is 2.59. The molecule has 0 radical (unpaired) electrons. The molecule has 1 aromatic rings. The lowest BCUT2D eigenvalue weighted by molar-refractivity contribution is 0.280. The molecule has 2 fully saturated rings. The van der Waals surface area contributed by atoms with Gasteiger partial charge in [0, 0.05) is 6.04 Å². The number of nitrogens with one attached hydrogen (secondary N) is 1. The van der Waals surface area contributed by atoms with Crippen LogP contribution in [0.5, 0.6) is 0 Å². The Balaban J connectivity index is 1.71. The lowest BCUT2D eigenvalue weighted by Crippen LogP contribution is -2.38. The van der Waals surface area contributed by atoms with Gasteiger partial charge in [0.2, 0.25) is 10.0 Å². The third-order valence-electron chi connectivity index (χ3n) is 4.74. The van der Waals surface area contributed by atoms with E-state index in [1.807, 2.05) is 0 Å². The zero-order valence-electron chi connectivity index (χ0n) is 12.6. The zero-order chi connectivity index (χ0) is 16.7. The monoisotopic (exact) mass is 361 g/mol. The Labute approximate surface area is 136 Å². The Morgan fingerprint density at radius 2 is 1.48 bits per heavy atom. The molecule has 5 nitrogen and oxygen atoms in total. The molecule has 2 saturated carbocycles. The second-order valence-electron chi connectivity index (χ2n) is 6.49. The van der Waals surface area contributed by atoms with Crippen molar-refractivity contribution in [1.29, 1.82) is 0 Å². The van der Waals surface area contributed by atoms with Crippen molar-refractivity contribution in [3.8, 4) is 0 Å². The van der Waals surface area contributed by atoms with Crippen molar-refractivity contribution in [2.24, 2.45) is 11.8 Å². The maximum atomic E-state index is 12.9. The van der Waals surface area contributed by atoms with Crippen LogP contribution < -0.4 is 4.72 Å². The summed E-state index contributed by atoms with van der Waals surface area (Å²) in [5, 5.41) is 0. The fraction of sp³-hybridized carbons (Fsp3) is 0.600. The van der Waals surface area contributed by atoms with Gasteiger partial charge in [-0.25, -0.2) is 13.1 Å². The van der Waals surface area contributed by atoms with Crippen molar-refractivity contribution < 1.29 is 20.7 Å². The molecule has 0 saturated heterocycles. The Hall–Kier alpha value is -0.990. The highest BCUT2D eigenvalue weighted by Gasteiger charge is 2.35. The summed E-state index contributed by atoms with van der Waals surface area (Å²) >= 11 is 0. The molecule has 23 heavy (non-hydrogen) atoms. The summed E-state index contributed by atoms with van der Waals surface area (Å²) in [5.41, 5.74) is 0. The first-order valence-electron chi connectivity index (χ1n) is 7.83. The van der Waals surface area contributed by atoms with Crippen LogP contribution >= 0.6 is 0 Å². The van der Waals surface area contributed by atoms with Crippen molar-refractivity contribution in [3.05, 3.63) is 24.3 Å². The van der Waals surface area contributed by atoms with Crippen LogP contribution in [-0.4, -0.2) is 22.9 Å². The van der Waals surface area contributed by atoms with Crippen LogP contribution in [0.3, 0.4) is 0 Å². The van der Waals surface area contributed by atoms with E-state index in [1.54, 1.807) is 0 Å². The van der Waals surface area contributed by atoms with E-state index in [2.05, 4.69) is 4.72 Å². The Morgan fingerprint density at radius 3 is 2.04 bits per heavy atom. The van der Waals surface area contributed by atoms with E-state index in [4.69, 9.17) is 0 Å². The smallest absolute Gasteiger partial charge is 0.208 e. The summed E-state index contributed by atoms with van der Waals surface area (Å²) in [7, 11) is -8.54. The lowest BCUT2D eigenvalue weighted by atomic mass is 9.83.